The average molecular weight is 425 g/mol. The maximum Gasteiger partial charge on any atom is 0.239 e. The molecule has 2 amide bonds. The highest BCUT2D eigenvalue weighted by molar-refractivity contribution is 6.23. The fourth-order valence-electron chi connectivity index (χ4n) is 6.53. The number of imide groups is 1. The van der Waals surface area contributed by atoms with Crippen molar-refractivity contribution in [3.63, 3.8) is 0 Å². The SMILES string of the molecule is COC(OC)C12c3ccccc3C(c3ccccc31)[C@H]1C(=O)N(c3ccccc3)C(=O)[C@@H]12. The Hall–Kier alpha value is -3.28. The standard InChI is InChI=1S/C27H23NO4/c1-31-26(32-2)27-19-14-8-6-12-17(19)21(18-13-7-9-15-20(18)27)22-23(27)25(30)28(24(22)29)16-10-4-3-5-11-16/h3-15,21-23,26H,1-2H3/t21?,22-,23-,27?/m1/s1. The fourth-order valence-corrected chi connectivity index (χ4v) is 6.53. The lowest BCUT2D eigenvalue weighted by atomic mass is 9.47. The van der Waals surface area contributed by atoms with Crippen LogP contribution >= 0.6 is 0 Å². The number of hydrogen-bond donors (Lipinski definition) is 0. The molecule has 2 bridgehead atoms. The first-order valence-corrected chi connectivity index (χ1v) is 10.8. The van der Waals surface area contributed by atoms with Gasteiger partial charge in [-0.1, -0.05) is 66.7 Å². The van der Waals surface area contributed by atoms with E-state index >= 15 is 0 Å². The van der Waals surface area contributed by atoms with E-state index in [1.165, 1.54) is 4.90 Å². The number of benzene rings is 3. The number of carbonyl (C=O) groups is 2. The molecule has 0 saturated carbocycles. The average Bonchev–Trinajstić information content (AvgIpc) is 3.11. The molecule has 1 heterocycles. The van der Waals surface area contributed by atoms with E-state index in [0.717, 1.165) is 22.3 Å². The van der Waals surface area contributed by atoms with Crippen LogP contribution in [0.3, 0.4) is 0 Å². The van der Waals surface area contributed by atoms with Crippen molar-refractivity contribution >= 4 is 17.5 Å². The second-order valence-corrected chi connectivity index (χ2v) is 8.68. The monoisotopic (exact) mass is 425 g/mol. The minimum absolute atomic E-state index is 0.157. The van der Waals surface area contributed by atoms with Gasteiger partial charge in [-0.3, -0.25) is 9.59 Å². The minimum Gasteiger partial charge on any atom is -0.355 e. The molecule has 0 aromatic heterocycles. The predicted octanol–water partition coefficient (Wildman–Crippen LogP) is 3.86. The van der Waals surface area contributed by atoms with Gasteiger partial charge in [-0.15, -0.1) is 0 Å². The van der Waals surface area contributed by atoms with E-state index < -0.39 is 23.5 Å². The van der Waals surface area contributed by atoms with E-state index in [1.54, 1.807) is 14.2 Å². The summed E-state index contributed by atoms with van der Waals surface area (Å²) in [4.78, 5) is 29.4. The van der Waals surface area contributed by atoms with Crippen LogP contribution in [-0.2, 0) is 24.5 Å². The van der Waals surface area contributed by atoms with Crippen molar-refractivity contribution in [2.75, 3.05) is 19.1 Å². The highest BCUT2D eigenvalue weighted by Crippen LogP contribution is 2.65. The van der Waals surface area contributed by atoms with Crippen molar-refractivity contribution < 1.29 is 19.1 Å². The van der Waals surface area contributed by atoms with E-state index in [-0.39, 0.29) is 17.7 Å². The van der Waals surface area contributed by atoms with Gasteiger partial charge in [0.25, 0.3) is 0 Å². The number of amides is 2. The Balaban J connectivity index is 1.69. The number of ether oxygens (including phenoxy) is 2. The quantitative estimate of drug-likeness (QED) is 0.471. The molecule has 0 N–H and O–H groups in total. The van der Waals surface area contributed by atoms with Crippen LogP contribution < -0.4 is 4.90 Å². The van der Waals surface area contributed by atoms with E-state index in [1.807, 2.05) is 54.6 Å². The summed E-state index contributed by atoms with van der Waals surface area (Å²) in [7, 11) is 3.19. The van der Waals surface area contributed by atoms with Gasteiger partial charge in [0.1, 0.15) is 0 Å². The number of carbonyl (C=O) groups excluding carboxylic acids is 2. The van der Waals surface area contributed by atoms with E-state index in [4.69, 9.17) is 9.47 Å². The normalized spacial score (nSPS) is 27.5. The molecule has 1 fully saturated rings. The van der Waals surface area contributed by atoms with Crippen LogP contribution in [0.5, 0.6) is 0 Å². The Bertz CT molecular complexity index is 1190. The number of nitrogens with zero attached hydrogens (tertiary/aromatic N) is 1. The second-order valence-electron chi connectivity index (χ2n) is 8.68. The molecule has 5 nitrogen and oxygen atoms in total. The van der Waals surface area contributed by atoms with Crippen molar-refractivity contribution in [2.45, 2.75) is 17.6 Å². The van der Waals surface area contributed by atoms with Crippen LogP contribution in [0.4, 0.5) is 5.69 Å². The lowest BCUT2D eigenvalue weighted by molar-refractivity contribution is -0.168. The zero-order chi connectivity index (χ0) is 22.0. The van der Waals surface area contributed by atoms with Crippen LogP contribution in [0.1, 0.15) is 28.2 Å². The Morgan fingerprint density at radius 2 is 1.28 bits per heavy atom. The number of rotatable bonds is 4. The van der Waals surface area contributed by atoms with Gasteiger partial charge in [-0.05, 0) is 34.4 Å². The highest BCUT2D eigenvalue weighted by atomic mass is 16.7. The molecule has 3 aromatic rings. The molecule has 4 aliphatic rings. The molecular formula is C27H23NO4. The zero-order valence-corrected chi connectivity index (χ0v) is 17.9. The summed E-state index contributed by atoms with van der Waals surface area (Å²) in [5.41, 5.74) is 3.84. The summed E-state index contributed by atoms with van der Waals surface area (Å²) in [6.07, 6.45) is -0.731. The molecule has 0 unspecified atom stereocenters. The lowest BCUT2D eigenvalue weighted by Crippen LogP contribution is -2.60. The van der Waals surface area contributed by atoms with Crippen molar-refractivity contribution in [3.8, 4) is 0 Å². The molecule has 1 saturated heterocycles. The van der Waals surface area contributed by atoms with Gasteiger partial charge in [-0.2, -0.15) is 0 Å². The fraction of sp³-hybridized carbons (Fsp3) is 0.259. The summed E-state index contributed by atoms with van der Waals surface area (Å²) in [5, 5.41) is 0. The molecule has 2 atom stereocenters. The van der Waals surface area contributed by atoms with Crippen molar-refractivity contribution in [1.82, 2.24) is 0 Å². The van der Waals surface area contributed by atoms with Crippen LogP contribution in [-0.4, -0.2) is 32.3 Å². The third-order valence-corrected chi connectivity index (χ3v) is 7.50. The third-order valence-electron chi connectivity index (χ3n) is 7.50. The number of anilines is 1. The van der Waals surface area contributed by atoms with E-state index in [9.17, 15) is 9.59 Å². The zero-order valence-electron chi connectivity index (χ0n) is 17.9. The molecule has 1 aliphatic heterocycles. The van der Waals surface area contributed by atoms with Crippen molar-refractivity contribution in [3.05, 3.63) is 101 Å². The molecule has 3 aliphatic carbocycles. The molecular weight excluding hydrogens is 402 g/mol. The van der Waals surface area contributed by atoms with Gasteiger partial charge >= 0.3 is 0 Å². The number of hydrogen-bond acceptors (Lipinski definition) is 4. The number of para-hydroxylation sites is 1. The summed E-state index contributed by atoms with van der Waals surface area (Å²) >= 11 is 0. The molecule has 0 radical (unpaired) electrons. The number of methoxy groups -OCH3 is 2. The maximum atomic E-state index is 14.1. The molecule has 160 valence electrons. The minimum atomic E-state index is -0.924. The Kier molecular flexibility index (Phi) is 4.16. The molecule has 32 heavy (non-hydrogen) atoms. The van der Waals surface area contributed by atoms with Gasteiger partial charge in [-0.25, -0.2) is 4.90 Å². The lowest BCUT2D eigenvalue weighted by Gasteiger charge is -2.56. The molecule has 0 spiro atoms. The second kappa shape index (κ2) is 6.86. The molecule has 5 heteroatoms. The van der Waals surface area contributed by atoms with Crippen LogP contribution in [0.25, 0.3) is 0 Å². The Morgan fingerprint density at radius 1 is 0.750 bits per heavy atom. The smallest absolute Gasteiger partial charge is 0.239 e. The summed E-state index contributed by atoms with van der Waals surface area (Å²) in [5.74, 6) is -1.67. The molecule has 3 aromatic carbocycles. The first-order valence-electron chi connectivity index (χ1n) is 10.8. The van der Waals surface area contributed by atoms with Gasteiger partial charge in [0, 0.05) is 20.1 Å². The van der Waals surface area contributed by atoms with Gasteiger partial charge in [0.05, 0.1) is 22.9 Å². The topological polar surface area (TPSA) is 55.8 Å². The van der Waals surface area contributed by atoms with E-state index in [2.05, 4.69) is 24.3 Å². The Morgan fingerprint density at radius 3 is 1.84 bits per heavy atom. The first-order chi connectivity index (χ1) is 15.7. The highest BCUT2D eigenvalue weighted by Gasteiger charge is 2.71. The summed E-state index contributed by atoms with van der Waals surface area (Å²) in [6.45, 7) is 0. The first kappa shape index (κ1) is 19.4. The summed E-state index contributed by atoms with van der Waals surface area (Å²) < 4.78 is 11.8. The van der Waals surface area contributed by atoms with Crippen molar-refractivity contribution in [1.29, 1.82) is 0 Å². The van der Waals surface area contributed by atoms with Crippen LogP contribution in [0, 0.1) is 11.8 Å². The van der Waals surface area contributed by atoms with E-state index in [0.29, 0.717) is 5.69 Å². The van der Waals surface area contributed by atoms with Crippen LogP contribution in [0.15, 0.2) is 78.9 Å². The Labute approximate surface area is 186 Å². The van der Waals surface area contributed by atoms with Gasteiger partial charge in [0.15, 0.2) is 6.29 Å². The third kappa shape index (κ3) is 2.15. The largest absolute Gasteiger partial charge is 0.355 e. The predicted molar refractivity (Wildman–Crippen MR) is 119 cm³/mol. The van der Waals surface area contributed by atoms with Crippen LogP contribution in [0.2, 0.25) is 0 Å². The van der Waals surface area contributed by atoms with Gasteiger partial charge in [0.2, 0.25) is 11.8 Å². The maximum absolute atomic E-state index is 14.1. The summed E-state index contributed by atoms with van der Waals surface area (Å²) in [6, 6.07) is 25.4. The van der Waals surface area contributed by atoms with Gasteiger partial charge < -0.3 is 9.47 Å². The molecule has 7 rings (SSSR count). The van der Waals surface area contributed by atoms with Crippen molar-refractivity contribution in [2.24, 2.45) is 11.8 Å².